The largest absolute Gasteiger partial charge is 0.313 e. The zero-order valence-corrected chi connectivity index (χ0v) is 11.7. The van der Waals surface area contributed by atoms with Crippen LogP contribution in [0.25, 0.3) is 0 Å². The summed E-state index contributed by atoms with van der Waals surface area (Å²) in [7, 11) is -3.78. The molecule has 1 aliphatic heterocycles. The summed E-state index contributed by atoms with van der Waals surface area (Å²) in [5.41, 5.74) is 0. The van der Waals surface area contributed by atoms with Gasteiger partial charge in [0.1, 0.15) is 0 Å². The zero-order chi connectivity index (χ0) is 13.2. The third-order valence-electron chi connectivity index (χ3n) is 2.88. The van der Waals surface area contributed by atoms with Crippen LogP contribution in [-0.2, 0) is 10.0 Å². The van der Waals surface area contributed by atoms with Crippen molar-refractivity contribution in [1.29, 1.82) is 0 Å². The van der Waals surface area contributed by atoms with Gasteiger partial charge < -0.3 is 5.32 Å². The van der Waals surface area contributed by atoms with Crippen molar-refractivity contribution in [3.05, 3.63) is 29.8 Å². The van der Waals surface area contributed by atoms with Crippen molar-refractivity contribution >= 4 is 22.4 Å². The number of halogens is 3. The second kappa shape index (κ2) is 6.60. The second-order valence-corrected chi connectivity index (χ2v) is 5.99. The normalized spacial score (nSPS) is 19.2. The first-order valence-corrected chi connectivity index (χ1v) is 7.15. The molecular formula is C11H15ClF2N2O2S. The molecule has 8 heteroatoms. The summed E-state index contributed by atoms with van der Waals surface area (Å²) in [5.74, 6) is -2.23. The minimum absolute atomic E-state index is 0. The molecule has 19 heavy (non-hydrogen) atoms. The highest BCUT2D eigenvalue weighted by Gasteiger charge is 2.20. The Kier molecular flexibility index (Phi) is 5.66. The van der Waals surface area contributed by atoms with Gasteiger partial charge in [-0.1, -0.05) is 0 Å². The van der Waals surface area contributed by atoms with Crippen LogP contribution in [0.2, 0.25) is 0 Å². The van der Waals surface area contributed by atoms with Crippen LogP contribution in [0.1, 0.15) is 12.8 Å². The monoisotopic (exact) mass is 312 g/mol. The first kappa shape index (κ1) is 16.3. The van der Waals surface area contributed by atoms with Gasteiger partial charge in [-0.2, -0.15) is 0 Å². The van der Waals surface area contributed by atoms with Crippen molar-refractivity contribution in [2.24, 2.45) is 0 Å². The molecule has 0 saturated carbocycles. The molecule has 0 aromatic heterocycles. The van der Waals surface area contributed by atoms with E-state index >= 15 is 0 Å². The molecule has 0 aliphatic carbocycles. The molecule has 1 aliphatic rings. The molecular weight excluding hydrogens is 298 g/mol. The fourth-order valence-corrected chi connectivity index (χ4v) is 2.96. The molecule has 0 amide bonds. The Morgan fingerprint density at radius 3 is 2.63 bits per heavy atom. The van der Waals surface area contributed by atoms with E-state index in [-0.39, 0.29) is 29.9 Å². The molecule has 1 unspecified atom stereocenters. The van der Waals surface area contributed by atoms with Crippen LogP contribution in [0.5, 0.6) is 0 Å². The lowest BCUT2D eigenvalue weighted by Gasteiger charge is -2.12. The summed E-state index contributed by atoms with van der Waals surface area (Å²) in [5, 5.41) is 3.14. The van der Waals surface area contributed by atoms with Crippen molar-refractivity contribution in [2.45, 2.75) is 23.8 Å². The van der Waals surface area contributed by atoms with Gasteiger partial charge in [0.15, 0.2) is 11.6 Å². The molecule has 1 aromatic rings. The van der Waals surface area contributed by atoms with E-state index in [0.29, 0.717) is 6.07 Å². The summed E-state index contributed by atoms with van der Waals surface area (Å²) in [6, 6.07) is 2.63. The number of rotatable bonds is 4. The topological polar surface area (TPSA) is 58.2 Å². The number of benzene rings is 1. The van der Waals surface area contributed by atoms with Crippen LogP contribution in [0, 0.1) is 11.6 Å². The summed E-state index contributed by atoms with van der Waals surface area (Å²) in [4.78, 5) is -0.264. The van der Waals surface area contributed by atoms with Gasteiger partial charge in [0.25, 0.3) is 0 Å². The molecule has 1 atom stereocenters. The summed E-state index contributed by atoms with van der Waals surface area (Å²) in [6.07, 6.45) is 1.91. The second-order valence-electron chi connectivity index (χ2n) is 4.22. The van der Waals surface area contributed by atoms with Crippen LogP contribution in [-0.4, -0.2) is 27.5 Å². The van der Waals surface area contributed by atoms with E-state index in [0.717, 1.165) is 31.5 Å². The van der Waals surface area contributed by atoms with Crippen LogP contribution < -0.4 is 10.0 Å². The van der Waals surface area contributed by atoms with Crippen LogP contribution in [0.15, 0.2) is 23.1 Å². The number of sulfonamides is 1. The quantitative estimate of drug-likeness (QED) is 0.884. The Labute approximate surface area is 117 Å². The fourth-order valence-electron chi connectivity index (χ4n) is 1.87. The Bertz CT molecular complexity index is 533. The van der Waals surface area contributed by atoms with Gasteiger partial charge in [-0.3, -0.25) is 0 Å². The minimum atomic E-state index is -3.78. The van der Waals surface area contributed by atoms with E-state index in [1.165, 1.54) is 0 Å². The van der Waals surface area contributed by atoms with Gasteiger partial charge in [-0.05, 0) is 37.6 Å². The SMILES string of the molecule is Cl.O=S(=O)(NCC1CCCN1)c1ccc(F)c(F)c1. The third kappa shape index (κ3) is 4.10. The van der Waals surface area contributed by atoms with Crippen molar-refractivity contribution in [3.63, 3.8) is 0 Å². The van der Waals surface area contributed by atoms with Gasteiger partial charge in [0, 0.05) is 12.6 Å². The highest BCUT2D eigenvalue weighted by Crippen LogP contribution is 2.14. The van der Waals surface area contributed by atoms with Gasteiger partial charge in [-0.25, -0.2) is 21.9 Å². The van der Waals surface area contributed by atoms with Crippen molar-refractivity contribution in [3.8, 4) is 0 Å². The molecule has 1 saturated heterocycles. The van der Waals surface area contributed by atoms with Gasteiger partial charge in [0.2, 0.25) is 10.0 Å². The fraction of sp³-hybridized carbons (Fsp3) is 0.455. The number of hydrogen-bond acceptors (Lipinski definition) is 3. The lowest BCUT2D eigenvalue weighted by molar-refractivity contribution is 0.503. The lowest BCUT2D eigenvalue weighted by atomic mass is 10.2. The molecule has 0 radical (unpaired) electrons. The lowest BCUT2D eigenvalue weighted by Crippen LogP contribution is -2.37. The Balaban J connectivity index is 0.00000180. The van der Waals surface area contributed by atoms with E-state index in [4.69, 9.17) is 0 Å². The predicted molar refractivity (Wildman–Crippen MR) is 69.8 cm³/mol. The van der Waals surface area contributed by atoms with Crippen LogP contribution >= 0.6 is 12.4 Å². The van der Waals surface area contributed by atoms with Gasteiger partial charge in [-0.15, -0.1) is 12.4 Å². The maximum atomic E-state index is 13.0. The maximum absolute atomic E-state index is 13.0. The Hall–Kier alpha value is -0.760. The van der Waals surface area contributed by atoms with E-state index in [1.54, 1.807) is 0 Å². The summed E-state index contributed by atoms with van der Waals surface area (Å²) in [6.45, 7) is 1.12. The Morgan fingerprint density at radius 2 is 2.05 bits per heavy atom. The third-order valence-corrected chi connectivity index (χ3v) is 4.30. The van der Waals surface area contributed by atoms with E-state index < -0.39 is 21.7 Å². The molecule has 0 spiro atoms. The molecule has 108 valence electrons. The first-order chi connectivity index (χ1) is 8.49. The van der Waals surface area contributed by atoms with Crippen molar-refractivity contribution in [2.75, 3.05) is 13.1 Å². The van der Waals surface area contributed by atoms with Crippen molar-refractivity contribution in [1.82, 2.24) is 10.0 Å². The standard InChI is InChI=1S/C11H14F2N2O2S.ClH/c12-10-4-3-9(6-11(10)13)18(16,17)15-7-8-2-1-5-14-8;/h3-4,6,8,14-15H,1-2,5,7H2;1H. The molecule has 1 aromatic carbocycles. The Morgan fingerprint density at radius 1 is 1.32 bits per heavy atom. The summed E-state index contributed by atoms with van der Waals surface area (Å²) >= 11 is 0. The average molecular weight is 313 g/mol. The average Bonchev–Trinajstić information content (AvgIpc) is 2.83. The number of hydrogen-bond donors (Lipinski definition) is 2. The molecule has 2 N–H and O–H groups in total. The molecule has 1 heterocycles. The summed E-state index contributed by atoms with van der Waals surface area (Å²) < 4.78 is 51.7. The smallest absolute Gasteiger partial charge is 0.240 e. The predicted octanol–water partition coefficient (Wildman–Crippen LogP) is 1.42. The van der Waals surface area contributed by atoms with Crippen molar-refractivity contribution < 1.29 is 17.2 Å². The van der Waals surface area contributed by atoms with E-state index in [2.05, 4.69) is 10.0 Å². The van der Waals surface area contributed by atoms with Gasteiger partial charge >= 0.3 is 0 Å². The molecule has 4 nitrogen and oxygen atoms in total. The van der Waals surface area contributed by atoms with Gasteiger partial charge in [0.05, 0.1) is 4.90 Å². The highest BCUT2D eigenvalue weighted by molar-refractivity contribution is 7.89. The van der Waals surface area contributed by atoms with Crippen LogP contribution in [0.4, 0.5) is 8.78 Å². The minimum Gasteiger partial charge on any atom is -0.313 e. The highest BCUT2D eigenvalue weighted by atomic mass is 35.5. The maximum Gasteiger partial charge on any atom is 0.240 e. The number of nitrogens with one attached hydrogen (secondary N) is 2. The van der Waals surface area contributed by atoms with E-state index in [9.17, 15) is 17.2 Å². The van der Waals surface area contributed by atoms with E-state index in [1.807, 2.05) is 0 Å². The molecule has 2 rings (SSSR count). The first-order valence-electron chi connectivity index (χ1n) is 5.67. The van der Waals surface area contributed by atoms with Crippen LogP contribution in [0.3, 0.4) is 0 Å². The zero-order valence-electron chi connectivity index (χ0n) is 10.0. The molecule has 0 bridgehead atoms. The molecule has 1 fully saturated rings.